The summed E-state index contributed by atoms with van der Waals surface area (Å²) in [4.78, 5) is 0. The lowest BCUT2D eigenvalue weighted by Gasteiger charge is -2.18. The second-order valence-electron chi connectivity index (χ2n) is 4.51. The average molecular weight is 186 g/mol. The summed E-state index contributed by atoms with van der Waals surface area (Å²) in [5.41, 5.74) is 0. The van der Waals surface area contributed by atoms with Crippen LogP contribution in [-0.4, -0.2) is 22.4 Å². The van der Waals surface area contributed by atoms with E-state index in [0.717, 1.165) is 32.1 Å². The van der Waals surface area contributed by atoms with Gasteiger partial charge in [0, 0.05) is 0 Å². The first-order valence-electron chi connectivity index (χ1n) is 5.47. The molecule has 0 amide bonds. The number of aliphatic hydroxyl groups excluding tert-OH is 2. The Morgan fingerprint density at radius 1 is 0.846 bits per heavy atom. The van der Waals surface area contributed by atoms with E-state index in [2.05, 4.69) is 0 Å². The molecule has 0 aromatic heterocycles. The highest BCUT2D eigenvalue weighted by Gasteiger charge is 2.23. The summed E-state index contributed by atoms with van der Waals surface area (Å²) in [7, 11) is 0. The van der Waals surface area contributed by atoms with Gasteiger partial charge in [-0.05, 0) is 51.4 Å². The lowest BCUT2D eigenvalue weighted by atomic mass is 9.92. The zero-order valence-corrected chi connectivity index (χ0v) is 8.74. The monoisotopic (exact) mass is 186 g/mol. The van der Waals surface area contributed by atoms with Crippen molar-refractivity contribution < 1.29 is 10.2 Å². The molecule has 2 heteroatoms. The first-order valence-corrected chi connectivity index (χ1v) is 5.47. The maximum Gasteiger partial charge on any atom is 0.0540 e. The predicted molar refractivity (Wildman–Crippen MR) is 53.4 cm³/mol. The Bertz CT molecular complexity index is 127. The normalized spacial score (nSPS) is 35.1. The third-order valence-corrected chi connectivity index (χ3v) is 3.42. The molecule has 1 aliphatic rings. The fourth-order valence-corrected chi connectivity index (χ4v) is 2.32. The number of hydrogen-bond donors (Lipinski definition) is 2. The smallest absolute Gasteiger partial charge is 0.0540 e. The fourth-order valence-electron chi connectivity index (χ4n) is 2.32. The Hall–Kier alpha value is -0.0800. The Labute approximate surface area is 81.0 Å². The second kappa shape index (κ2) is 4.97. The number of rotatable bonds is 2. The second-order valence-corrected chi connectivity index (χ2v) is 4.51. The summed E-state index contributed by atoms with van der Waals surface area (Å²) in [5.74, 6) is 0.924. The van der Waals surface area contributed by atoms with Crippen molar-refractivity contribution in [2.45, 2.75) is 58.2 Å². The third-order valence-electron chi connectivity index (χ3n) is 3.42. The van der Waals surface area contributed by atoms with E-state index < -0.39 is 0 Å². The number of hydrogen-bond acceptors (Lipinski definition) is 2. The molecule has 4 atom stereocenters. The van der Waals surface area contributed by atoms with Crippen LogP contribution in [0.3, 0.4) is 0 Å². The molecule has 2 N–H and O–H groups in total. The van der Waals surface area contributed by atoms with Gasteiger partial charge in [-0.25, -0.2) is 0 Å². The molecule has 0 spiro atoms. The summed E-state index contributed by atoms with van der Waals surface area (Å²) in [5, 5.41) is 18.9. The molecule has 0 radical (unpaired) electrons. The molecule has 0 heterocycles. The minimum absolute atomic E-state index is 0.173. The van der Waals surface area contributed by atoms with Crippen LogP contribution in [0.4, 0.5) is 0 Å². The summed E-state index contributed by atoms with van der Waals surface area (Å²) in [6, 6.07) is 0. The van der Waals surface area contributed by atoms with Gasteiger partial charge in [-0.3, -0.25) is 0 Å². The van der Waals surface area contributed by atoms with Crippen LogP contribution in [0.2, 0.25) is 0 Å². The SMILES string of the molecule is CC(O)C1CCCC(C(C)O)CC1. The number of aliphatic hydroxyl groups is 2. The maximum atomic E-state index is 9.46. The van der Waals surface area contributed by atoms with Crippen molar-refractivity contribution in [2.24, 2.45) is 11.8 Å². The highest BCUT2D eigenvalue weighted by atomic mass is 16.3. The quantitative estimate of drug-likeness (QED) is 0.647. The van der Waals surface area contributed by atoms with Gasteiger partial charge in [-0.15, -0.1) is 0 Å². The van der Waals surface area contributed by atoms with Crippen LogP contribution < -0.4 is 0 Å². The molecule has 4 unspecified atom stereocenters. The van der Waals surface area contributed by atoms with E-state index in [0.29, 0.717) is 11.8 Å². The minimum atomic E-state index is -0.173. The van der Waals surface area contributed by atoms with Gasteiger partial charge in [-0.1, -0.05) is 6.42 Å². The van der Waals surface area contributed by atoms with Gasteiger partial charge in [0.25, 0.3) is 0 Å². The van der Waals surface area contributed by atoms with Gasteiger partial charge in [0.1, 0.15) is 0 Å². The molecule has 0 aromatic rings. The van der Waals surface area contributed by atoms with Gasteiger partial charge in [-0.2, -0.15) is 0 Å². The molecule has 1 saturated carbocycles. The zero-order chi connectivity index (χ0) is 9.84. The van der Waals surface area contributed by atoms with E-state index in [1.54, 1.807) is 0 Å². The third kappa shape index (κ3) is 3.28. The van der Waals surface area contributed by atoms with E-state index >= 15 is 0 Å². The van der Waals surface area contributed by atoms with Crippen molar-refractivity contribution >= 4 is 0 Å². The van der Waals surface area contributed by atoms with Crippen molar-refractivity contribution in [3.63, 3.8) is 0 Å². The Morgan fingerprint density at radius 2 is 1.23 bits per heavy atom. The Kier molecular flexibility index (Phi) is 4.20. The molecular formula is C11H22O2. The summed E-state index contributed by atoms with van der Waals surface area (Å²) in [6.45, 7) is 3.76. The standard InChI is InChI=1S/C11H22O2/c1-8(12)10-4-3-5-11(7-6-10)9(2)13/h8-13H,3-7H2,1-2H3. The first-order chi connectivity index (χ1) is 6.11. The zero-order valence-electron chi connectivity index (χ0n) is 8.74. The largest absolute Gasteiger partial charge is 0.393 e. The van der Waals surface area contributed by atoms with E-state index in [1.807, 2.05) is 13.8 Å². The van der Waals surface area contributed by atoms with Crippen LogP contribution in [0.5, 0.6) is 0 Å². The molecule has 0 bridgehead atoms. The van der Waals surface area contributed by atoms with Crippen LogP contribution in [0.1, 0.15) is 46.0 Å². The lowest BCUT2D eigenvalue weighted by molar-refractivity contribution is 0.101. The fraction of sp³-hybridized carbons (Fsp3) is 1.00. The van der Waals surface area contributed by atoms with E-state index in [4.69, 9.17) is 0 Å². The highest BCUT2D eigenvalue weighted by Crippen LogP contribution is 2.30. The van der Waals surface area contributed by atoms with Crippen LogP contribution >= 0.6 is 0 Å². The summed E-state index contributed by atoms with van der Waals surface area (Å²) >= 11 is 0. The Morgan fingerprint density at radius 3 is 1.54 bits per heavy atom. The van der Waals surface area contributed by atoms with Crippen molar-refractivity contribution in [1.29, 1.82) is 0 Å². The van der Waals surface area contributed by atoms with Crippen LogP contribution in [0.25, 0.3) is 0 Å². The molecule has 13 heavy (non-hydrogen) atoms. The molecule has 0 saturated heterocycles. The molecule has 1 rings (SSSR count). The molecule has 1 fully saturated rings. The van der Waals surface area contributed by atoms with Crippen LogP contribution in [-0.2, 0) is 0 Å². The van der Waals surface area contributed by atoms with E-state index in [1.165, 1.54) is 0 Å². The van der Waals surface area contributed by atoms with Gasteiger partial charge < -0.3 is 10.2 Å². The van der Waals surface area contributed by atoms with Crippen molar-refractivity contribution in [3.05, 3.63) is 0 Å². The van der Waals surface area contributed by atoms with Crippen molar-refractivity contribution in [1.82, 2.24) is 0 Å². The molecule has 0 aliphatic heterocycles. The van der Waals surface area contributed by atoms with E-state index in [9.17, 15) is 10.2 Å². The van der Waals surface area contributed by atoms with Crippen molar-refractivity contribution in [3.8, 4) is 0 Å². The van der Waals surface area contributed by atoms with E-state index in [-0.39, 0.29) is 12.2 Å². The van der Waals surface area contributed by atoms with Gasteiger partial charge in [0.15, 0.2) is 0 Å². The predicted octanol–water partition coefficient (Wildman–Crippen LogP) is 1.94. The average Bonchev–Trinajstić information content (AvgIpc) is 2.27. The maximum absolute atomic E-state index is 9.46. The molecule has 1 aliphatic carbocycles. The molecule has 0 aromatic carbocycles. The Balaban J connectivity index is 2.39. The van der Waals surface area contributed by atoms with Gasteiger partial charge in [0.05, 0.1) is 12.2 Å². The molecule has 78 valence electrons. The summed E-state index contributed by atoms with van der Waals surface area (Å²) in [6.07, 6.45) is 5.22. The highest BCUT2D eigenvalue weighted by molar-refractivity contribution is 4.75. The molecular weight excluding hydrogens is 164 g/mol. The van der Waals surface area contributed by atoms with Crippen molar-refractivity contribution in [2.75, 3.05) is 0 Å². The minimum Gasteiger partial charge on any atom is -0.393 e. The topological polar surface area (TPSA) is 40.5 Å². The summed E-state index contributed by atoms with van der Waals surface area (Å²) < 4.78 is 0. The van der Waals surface area contributed by atoms with Gasteiger partial charge in [0.2, 0.25) is 0 Å². The van der Waals surface area contributed by atoms with Gasteiger partial charge >= 0.3 is 0 Å². The molecule has 2 nitrogen and oxygen atoms in total. The lowest BCUT2D eigenvalue weighted by Crippen LogP contribution is -2.18. The van der Waals surface area contributed by atoms with Crippen LogP contribution in [0.15, 0.2) is 0 Å². The van der Waals surface area contributed by atoms with Crippen LogP contribution in [0, 0.1) is 11.8 Å². The first kappa shape index (κ1) is 11.0.